The minimum Gasteiger partial charge on any atom is -0.480 e. The summed E-state index contributed by atoms with van der Waals surface area (Å²) in [6.07, 6.45) is 0.528. The van der Waals surface area contributed by atoms with Crippen LogP contribution in [0.2, 0.25) is 12.6 Å². The topological polar surface area (TPSA) is 482 Å². The molecule has 0 aliphatic carbocycles. The third-order valence-corrected chi connectivity index (χ3v) is 13.9. The van der Waals surface area contributed by atoms with Crippen molar-refractivity contribution in [3.8, 4) is 0 Å². The van der Waals surface area contributed by atoms with Gasteiger partial charge >= 0.3 is 38.1 Å². The number of hydrogen-bond donors (Lipinski definition) is 15. The van der Waals surface area contributed by atoms with E-state index in [1.54, 1.807) is 0 Å². The van der Waals surface area contributed by atoms with E-state index in [1.807, 2.05) is 4.72 Å². The number of aliphatic carboxylic acids is 4. The first-order chi connectivity index (χ1) is 28.4. The number of hydrogen-bond acceptors (Lipinski definition) is 18. The van der Waals surface area contributed by atoms with Crippen molar-refractivity contribution in [2.75, 3.05) is 45.8 Å². The van der Waals surface area contributed by atoms with Crippen LogP contribution in [0.3, 0.4) is 0 Å². The summed E-state index contributed by atoms with van der Waals surface area (Å²) in [5.41, 5.74) is 18.9. The van der Waals surface area contributed by atoms with E-state index < -0.39 is 144 Å². The average Bonchev–Trinajstić information content (AvgIpc) is 3.69. The Labute approximate surface area is 359 Å². The number of carbonyl (C=O) groups excluding carboxylic acids is 2. The Morgan fingerprint density at radius 1 is 0.726 bits per heavy atom. The number of nitrogens with zero attached hydrogens (tertiary/aromatic N) is 3. The first-order valence-electron chi connectivity index (χ1n) is 19.2. The Bertz CT molecular complexity index is 1800. The van der Waals surface area contributed by atoms with Gasteiger partial charge in [-0.15, -0.1) is 0 Å². The van der Waals surface area contributed by atoms with Crippen molar-refractivity contribution in [2.45, 2.75) is 94.3 Å². The van der Waals surface area contributed by atoms with Crippen LogP contribution in [0.15, 0.2) is 0 Å². The molecule has 2 aliphatic heterocycles. The summed E-state index contributed by atoms with van der Waals surface area (Å²) in [7, 11) is -12.1. The van der Waals surface area contributed by atoms with E-state index in [0.717, 1.165) is 8.61 Å². The van der Waals surface area contributed by atoms with Crippen molar-refractivity contribution in [3.05, 3.63) is 0 Å². The van der Waals surface area contributed by atoms with Crippen molar-refractivity contribution in [3.63, 3.8) is 0 Å². The highest BCUT2D eigenvalue weighted by molar-refractivity contribution is 7.87. The van der Waals surface area contributed by atoms with Gasteiger partial charge in [0.05, 0.1) is 12.1 Å². The maximum Gasteiger partial charge on any atom is 0.451 e. The number of rotatable bonds is 25. The van der Waals surface area contributed by atoms with E-state index in [0.29, 0.717) is 4.31 Å². The monoisotopic (exact) mass is 934 g/mol. The van der Waals surface area contributed by atoms with Gasteiger partial charge in [0.2, 0.25) is 11.8 Å². The van der Waals surface area contributed by atoms with Crippen LogP contribution in [-0.2, 0) is 49.2 Å². The molecule has 2 amide bonds. The molecular weight excluding hydrogens is 874 g/mol. The average molecular weight is 935 g/mol. The van der Waals surface area contributed by atoms with Crippen molar-refractivity contribution < 1.29 is 86.1 Å². The number of likely N-dealkylation sites (N-methyl/N-ethyl adjacent to an activating group) is 1. The molecule has 2 heterocycles. The quantitative estimate of drug-likeness (QED) is 0.0378. The maximum absolute atomic E-state index is 13.2. The third-order valence-electron chi connectivity index (χ3n) is 10.3. The lowest BCUT2D eigenvalue weighted by molar-refractivity contribution is -0.145. The summed E-state index contributed by atoms with van der Waals surface area (Å²) in [4.78, 5) is 69.9. The zero-order valence-corrected chi connectivity index (χ0v) is 36.1. The van der Waals surface area contributed by atoms with Crippen LogP contribution in [0.4, 0.5) is 0 Å². The molecule has 0 radical (unpaired) electrons. The molecule has 2 saturated heterocycles. The highest BCUT2D eigenvalue weighted by Crippen LogP contribution is 2.34. The number of amides is 2. The Kier molecular flexibility index (Phi) is 21.7. The van der Waals surface area contributed by atoms with E-state index in [2.05, 4.69) is 10.6 Å². The molecular formula is C30H60B2N10O18S2. The smallest absolute Gasteiger partial charge is 0.451 e. The van der Waals surface area contributed by atoms with Crippen molar-refractivity contribution in [1.82, 2.24) is 28.3 Å². The zero-order valence-electron chi connectivity index (χ0n) is 34.4. The van der Waals surface area contributed by atoms with Crippen LogP contribution in [0.1, 0.15) is 46.5 Å². The second-order valence-corrected chi connectivity index (χ2v) is 18.7. The van der Waals surface area contributed by atoms with E-state index in [-0.39, 0.29) is 58.0 Å². The Morgan fingerprint density at radius 3 is 1.48 bits per heavy atom. The molecule has 2 aliphatic rings. The van der Waals surface area contributed by atoms with Crippen molar-refractivity contribution in [1.29, 1.82) is 0 Å². The third kappa shape index (κ3) is 15.6. The van der Waals surface area contributed by atoms with Gasteiger partial charge in [-0.2, -0.15) is 34.5 Å². The van der Waals surface area contributed by atoms with Gasteiger partial charge in [0, 0.05) is 57.6 Å². The minimum atomic E-state index is -4.48. The van der Waals surface area contributed by atoms with Crippen LogP contribution in [0, 0.1) is 11.8 Å². The number of carbonyl (C=O) groups is 6. The lowest BCUT2D eigenvalue weighted by Gasteiger charge is -2.31. The molecule has 0 aromatic rings. The van der Waals surface area contributed by atoms with E-state index in [4.69, 9.17) is 43.0 Å². The molecule has 2 rings (SSSR count). The van der Waals surface area contributed by atoms with Crippen LogP contribution < -0.4 is 38.3 Å². The van der Waals surface area contributed by atoms with Gasteiger partial charge in [-0.25, -0.2) is 0 Å². The van der Waals surface area contributed by atoms with Gasteiger partial charge in [0.25, 0.3) is 20.4 Å². The second kappa shape index (κ2) is 23.9. The summed E-state index contributed by atoms with van der Waals surface area (Å²) >= 11 is 0. The van der Waals surface area contributed by atoms with Gasteiger partial charge < -0.3 is 74.1 Å². The number of nitrogens with one attached hydrogen (secondary N) is 3. The molecule has 0 spiro atoms. The highest BCUT2D eigenvalue weighted by Gasteiger charge is 2.55. The molecule has 0 aromatic heterocycles. The van der Waals surface area contributed by atoms with Crippen LogP contribution in [-0.4, -0.2) is 201 Å². The van der Waals surface area contributed by atoms with Gasteiger partial charge in [-0.1, -0.05) is 19.8 Å². The lowest BCUT2D eigenvalue weighted by Crippen LogP contribution is -2.58. The van der Waals surface area contributed by atoms with Crippen LogP contribution in [0.25, 0.3) is 0 Å². The van der Waals surface area contributed by atoms with E-state index >= 15 is 0 Å². The van der Waals surface area contributed by atoms with Gasteiger partial charge in [-0.05, 0) is 39.3 Å². The summed E-state index contributed by atoms with van der Waals surface area (Å²) in [6, 6.07) is -5.24. The molecule has 0 unspecified atom stereocenters. The largest absolute Gasteiger partial charge is 0.480 e. The van der Waals surface area contributed by atoms with E-state index in [1.165, 1.54) is 20.8 Å². The summed E-state index contributed by atoms with van der Waals surface area (Å²) < 4.78 is 55.9. The molecule has 62 heavy (non-hydrogen) atoms. The Balaban J connectivity index is 0.000000621. The fraction of sp³-hybridized carbons (Fsp3) is 0.800. The van der Waals surface area contributed by atoms with Crippen molar-refractivity contribution >= 4 is 70.3 Å². The zero-order chi connectivity index (χ0) is 48.1. The van der Waals surface area contributed by atoms with Crippen molar-refractivity contribution in [2.24, 2.45) is 34.8 Å². The van der Waals surface area contributed by atoms with Crippen LogP contribution >= 0.6 is 0 Å². The first kappa shape index (κ1) is 56.4. The molecule has 356 valence electrons. The predicted molar refractivity (Wildman–Crippen MR) is 217 cm³/mol. The number of carboxylic acids is 4. The summed E-state index contributed by atoms with van der Waals surface area (Å²) in [5.74, 6) is -8.96. The summed E-state index contributed by atoms with van der Waals surface area (Å²) in [6.45, 7) is 0.969. The molecule has 8 atom stereocenters. The molecule has 0 bridgehead atoms. The number of carboxylic acid groups (broad SMARTS) is 4. The summed E-state index contributed by atoms with van der Waals surface area (Å²) in [5, 5.41) is 78.2. The first-order valence-corrected chi connectivity index (χ1v) is 22.1. The molecule has 2 fully saturated rings. The predicted octanol–water partition coefficient (Wildman–Crippen LogP) is -7.86. The van der Waals surface area contributed by atoms with Crippen LogP contribution in [0.5, 0.6) is 0 Å². The molecule has 0 aromatic carbocycles. The fourth-order valence-corrected chi connectivity index (χ4v) is 9.89. The standard InChI is InChI=1S/C16H32BN5O9S.C14H28BN5O9S/c1-3-22(12(14(24)25)7-20-13(23)10(2)18)32(30,31)21-8-11(5-4-6-17(28)29)16(19,9-21)15(26)27;1-8(16)11(21)18-5-10(12(22)23)19-30(28,29)20-6-9(3-2-4-15(26)27)14(17,7-20)13(24)25/h10-12,28-29H,3-9,18-19H2,1-2H3,(H,20,23)(H,24,25)(H,26,27);8-10,19,26-27H,2-7,16-17H2,1H3,(H,18,21)(H,22,23)(H,24,25)/t10-,11-,12-,16-;8-,9-,10-,14-/m00/s1. The van der Waals surface area contributed by atoms with Gasteiger partial charge in [-0.3, -0.25) is 28.8 Å². The highest BCUT2D eigenvalue weighted by atomic mass is 32.2. The Morgan fingerprint density at radius 2 is 1.13 bits per heavy atom. The molecule has 32 heteroatoms. The molecule has 19 N–H and O–H groups in total. The Hall–Kier alpha value is -3.63. The lowest BCUT2D eigenvalue weighted by atomic mass is 9.78. The molecule has 0 saturated carbocycles. The second-order valence-electron chi connectivity index (χ2n) is 15.1. The maximum atomic E-state index is 13.2. The normalized spacial score (nSPS) is 23.9. The van der Waals surface area contributed by atoms with Gasteiger partial charge in [0.15, 0.2) is 0 Å². The molecule has 28 nitrogen and oxygen atoms in total. The van der Waals surface area contributed by atoms with Gasteiger partial charge in [0.1, 0.15) is 23.2 Å². The fourth-order valence-electron chi connectivity index (χ4n) is 6.58. The minimum absolute atomic E-state index is 0.0413. The number of nitrogens with two attached hydrogens (primary N) is 4. The van der Waals surface area contributed by atoms with E-state index in [9.17, 15) is 66.0 Å². The SMILES string of the molecule is CCN([C@@H](CNC(=O)[C@H](C)N)C(=O)O)S(=O)(=O)N1C[C@H](CCCB(O)O)[C@](N)(C(=O)O)C1.C[C@H](N)C(=O)NC[C@H](NS(=O)(=O)N1C[C@H](CCCB(O)O)[C@](N)(C(=O)O)C1)C(=O)O.